The third-order valence-electron chi connectivity index (χ3n) is 3.93. The highest BCUT2D eigenvalue weighted by Crippen LogP contribution is 2.11. The summed E-state index contributed by atoms with van der Waals surface area (Å²) in [6.07, 6.45) is 8.97. The Morgan fingerprint density at radius 3 is 2.60 bits per heavy atom. The minimum Gasteiger partial charge on any atom is -0.314 e. The predicted molar refractivity (Wildman–Crippen MR) is 85.7 cm³/mol. The van der Waals surface area contributed by atoms with Gasteiger partial charge in [0.25, 0.3) is 0 Å². The van der Waals surface area contributed by atoms with E-state index in [1.54, 1.807) is 12.1 Å². The summed E-state index contributed by atoms with van der Waals surface area (Å²) in [5, 5.41) is 3.57. The van der Waals surface area contributed by atoms with Crippen LogP contribution in [-0.4, -0.2) is 12.6 Å². The molecule has 1 rings (SSSR count). The smallest absolute Gasteiger partial charge is 0.123 e. The van der Waals surface area contributed by atoms with Crippen molar-refractivity contribution in [3.8, 4) is 0 Å². The molecule has 0 aromatic heterocycles. The first kappa shape index (κ1) is 17.2. The molecule has 0 amide bonds. The first-order valence-electron chi connectivity index (χ1n) is 8.12. The maximum atomic E-state index is 13.0. The summed E-state index contributed by atoms with van der Waals surface area (Å²) < 4.78 is 13.0. The molecule has 0 fully saturated rings. The van der Waals surface area contributed by atoms with Gasteiger partial charge in [-0.25, -0.2) is 4.39 Å². The molecule has 0 spiro atoms. The van der Waals surface area contributed by atoms with Crippen molar-refractivity contribution in [1.82, 2.24) is 5.32 Å². The lowest BCUT2D eigenvalue weighted by Gasteiger charge is -2.14. The van der Waals surface area contributed by atoms with Gasteiger partial charge in [0, 0.05) is 6.04 Å². The molecule has 1 aromatic rings. The van der Waals surface area contributed by atoms with Crippen LogP contribution in [0.25, 0.3) is 0 Å². The number of hydrogen-bond acceptors (Lipinski definition) is 1. The van der Waals surface area contributed by atoms with Gasteiger partial charge in [-0.05, 0) is 56.5 Å². The quantitative estimate of drug-likeness (QED) is 0.593. The van der Waals surface area contributed by atoms with Gasteiger partial charge >= 0.3 is 0 Å². The Kier molecular flexibility index (Phi) is 8.52. The normalized spacial score (nSPS) is 12.6. The van der Waals surface area contributed by atoms with Crippen molar-refractivity contribution in [2.24, 2.45) is 0 Å². The maximum Gasteiger partial charge on any atom is 0.123 e. The summed E-state index contributed by atoms with van der Waals surface area (Å²) in [5.41, 5.74) is 2.30. The molecular weight excluding hydrogens is 249 g/mol. The Labute approximate surface area is 124 Å². The van der Waals surface area contributed by atoms with Crippen LogP contribution in [0.4, 0.5) is 4.39 Å². The zero-order chi connectivity index (χ0) is 14.8. The average Bonchev–Trinajstić information content (AvgIpc) is 2.41. The lowest BCUT2D eigenvalue weighted by molar-refractivity contribution is 0.483. The van der Waals surface area contributed by atoms with Gasteiger partial charge in [-0.3, -0.25) is 0 Å². The first-order chi connectivity index (χ1) is 9.63. The Morgan fingerprint density at radius 1 is 1.15 bits per heavy atom. The van der Waals surface area contributed by atoms with E-state index < -0.39 is 0 Å². The average molecular weight is 279 g/mol. The number of rotatable bonds is 10. The number of hydrogen-bond donors (Lipinski definition) is 1. The molecule has 0 aliphatic rings. The second-order valence-electron chi connectivity index (χ2n) is 5.88. The standard InChI is InChI=1S/C18H30FN/c1-4-5-6-7-8-9-16(3)20-13-12-17-10-11-18(19)14-15(17)2/h10-11,14,16,20H,4-9,12-13H2,1-3H3. The summed E-state index contributed by atoms with van der Waals surface area (Å²) in [6.45, 7) is 7.47. The van der Waals surface area contributed by atoms with Crippen LogP contribution in [0.1, 0.15) is 63.5 Å². The van der Waals surface area contributed by atoms with Gasteiger partial charge in [-0.15, -0.1) is 0 Å². The Balaban J connectivity index is 2.13. The second-order valence-corrected chi connectivity index (χ2v) is 5.88. The topological polar surface area (TPSA) is 12.0 Å². The molecule has 1 aromatic carbocycles. The molecule has 1 N–H and O–H groups in total. The van der Waals surface area contributed by atoms with E-state index in [1.165, 1.54) is 44.1 Å². The highest BCUT2D eigenvalue weighted by Gasteiger charge is 2.03. The summed E-state index contributed by atoms with van der Waals surface area (Å²) in [5.74, 6) is -0.139. The number of unbranched alkanes of at least 4 members (excludes halogenated alkanes) is 4. The number of aryl methyl sites for hydroxylation is 1. The van der Waals surface area contributed by atoms with E-state index in [0.29, 0.717) is 6.04 Å². The minimum atomic E-state index is -0.139. The molecule has 1 nitrogen and oxygen atoms in total. The van der Waals surface area contributed by atoms with E-state index in [2.05, 4.69) is 19.2 Å². The molecular formula is C18H30FN. The van der Waals surface area contributed by atoms with Crippen LogP contribution in [0.15, 0.2) is 18.2 Å². The summed E-state index contributed by atoms with van der Waals surface area (Å²) in [6, 6.07) is 5.66. The fourth-order valence-corrected chi connectivity index (χ4v) is 2.55. The lowest BCUT2D eigenvalue weighted by atomic mass is 10.0. The molecule has 1 atom stereocenters. The SMILES string of the molecule is CCCCCCCC(C)NCCc1ccc(F)cc1C. The highest BCUT2D eigenvalue weighted by atomic mass is 19.1. The fourth-order valence-electron chi connectivity index (χ4n) is 2.55. The summed E-state index contributed by atoms with van der Waals surface area (Å²) in [4.78, 5) is 0. The fraction of sp³-hybridized carbons (Fsp3) is 0.667. The maximum absolute atomic E-state index is 13.0. The molecule has 0 saturated carbocycles. The van der Waals surface area contributed by atoms with Crippen LogP contribution in [0.3, 0.4) is 0 Å². The van der Waals surface area contributed by atoms with Gasteiger partial charge in [0.15, 0.2) is 0 Å². The van der Waals surface area contributed by atoms with Gasteiger partial charge in [0.05, 0.1) is 0 Å². The highest BCUT2D eigenvalue weighted by molar-refractivity contribution is 5.26. The van der Waals surface area contributed by atoms with E-state index in [1.807, 2.05) is 13.0 Å². The van der Waals surface area contributed by atoms with Gasteiger partial charge in [0.2, 0.25) is 0 Å². The molecule has 20 heavy (non-hydrogen) atoms. The van der Waals surface area contributed by atoms with Crippen molar-refractivity contribution in [3.05, 3.63) is 35.1 Å². The van der Waals surface area contributed by atoms with Crippen LogP contribution in [0.5, 0.6) is 0 Å². The van der Waals surface area contributed by atoms with E-state index in [0.717, 1.165) is 18.5 Å². The molecule has 0 aliphatic heterocycles. The first-order valence-corrected chi connectivity index (χ1v) is 8.12. The Hall–Kier alpha value is -0.890. The van der Waals surface area contributed by atoms with Crippen molar-refractivity contribution in [2.45, 2.75) is 71.8 Å². The van der Waals surface area contributed by atoms with Crippen LogP contribution >= 0.6 is 0 Å². The molecule has 1 unspecified atom stereocenters. The zero-order valence-electron chi connectivity index (χ0n) is 13.3. The Bertz CT molecular complexity index is 376. The molecule has 2 heteroatoms. The Morgan fingerprint density at radius 2 is 1.90 bits per heavy atom. The largest absolute Gasteiger partial charge is 0.314 e. The zero-order valence-corrected chi connectivity index (χ0v) is 13.3. The third kappa shape index (κ3) is 7.04. The lowest BCUT2D eigenvalue weighted by Crippen LogP contribution is -2.28. The molecule has 0 heterocycles. The summed E-state index contributed by atoms with van der Waals surface area (Å²) >= 11 is 0. The molecule has 0 saturated heterocycles. The molecule has 0 aliphatic carbocycles. The van der Waals surface area contributed by atoms with Crippen LogP contribution in [0.2, 0.25) is 0 Å². The predicted octanol–water partition coefficient (Wildman–Crippen LogP) is 5.02. The van der Waals surface area contributed by atoms with Crippen molar-refractivity contribution >= 4 is 0 Å². The van der Waals surface area contributed by atoms with Crippen molar-refractivity contribution in [3.63, 3.8) is 0 Å². The molecule has 114 valence electrons. The van der Waals surface area contributed by atoms with Gasteiger partial charge < -0.3 is 5.32 Å². The van der Waals surface area contributed by atoms with Crippen LogP contribution < -0.4 is 5.32 Å². The molecule has 0 bridgehead atoms. The van der Waals surface area contributed by atoms with Crippen molar-refractivity contribution < 1.29 is 4.39 Å². The van der Waals surface area contributed by atoms with Crippen LogP contribution in [-0.2, 0) is 6.42 Å². The number of halogens is 1. The van der Waals surface area contributed by atoms with E-state index in [-0.39, 0.29) is 5.82 Å². The van der Waals surface area contributed by atoms with Gasteiger partial charge in [-0.1, -0.05) is 45.1 Å². The van der Waals surface area contributed by atoms with Gasteiger partial charge in [0.1, 0.15) is 5.82 Å². The number of benzene rings is 1. The monoisotopic (exact) mass is 279 g/mol. The van der Waals surface area contributed by atoms with Crippen molar-refractivity contribution in [1.29, 1.82) is 0 Å². The number of nitrogens with one attached hydrogen (secondary N) is 1. The second kappa shape index (κ2) is 9.93. The van der Waals surface area contributed by atoms with Crippen LogP contribution in [0, 0.1) is 12.7 Å². The minimum absolute atomic E-state index is 0.139. The van der Waals surface area contributed by atoms with E-state index >= 15 is 0 Å². The third-order valence-corrected chi connectivity index (χ3v) is 3.93. The summed E-state index contributed by atoms with van der Waals surface area (Å²) in [7, 11) is 0. The van der Waals surface area contributed by atoms with E-state index in [9.17, 15) is 4.39 Å². The van der Waals surface area contributed by atoms with E-state index in [4.69, 9.17) is 0 Å². The van der Waals surface area contributed by atoms with Gasteiger partial charge in [-0.2, -0.15) is 0 Å². The van der Waals surface area contributed by atoms with Crippen molar-refractivity contribution in [2.75, 3.05) is 6.54 Å². The molecule has 0 radical (unpaired) electrons.